The lowest BCUT2D eigenvalue weighted by atomic mass is 9.98. The van der Waals surface area contributed by atoms with Crippen LogP contribution in [0.1, 0.15) is 60.1 Å². The number of hydrogen-bond acceptors (Lipinski definition) is 4. The molecule has 1 amide bonds. The smallest absolute Gasteiger partial charge is 0.274 e. The van der Waals surface area contributed by atoms with E-state index in [1.54, 1.807) is 0 Å². The maximum absolute atomic E-state index is 13.0. The molecule has 0 radical (unpaired) electrons. The van der Waals surface area contributed by atoms with Gasteiger partial charge in [-0.2, -0.15) is 5.10 Å². The Morgan fingerprint density at radius 1 is 1.22 bits per heavy atom. The number of fused-ring (bicyclic) bond motifs is 1. The molecular formula is C21H27N3O3. The molecular weight excluding hydrogens is 342 g/mol. The highest BCUT2D eigenvalue weighted by Gasteiger charge is 2.33. The number of aryl methyl sites for hydroxylation is 1. The summed E-state index contributed by atoms with van der Waals surface area (Å²) >= 11 is 0. The molecule has 0 bridgehead atoms. The van der Waals surface area contributed by atoms with Crippen molar-refractivity contribution in [3.63, 3.8) is 0 Å². The number of amides is 1. The zero-order valence-corrected chi connectivity index (χ0v) is 16.2. The maximum Gasteiger partial charge on any atom is 0.274 e. The van der Waals surface area contributed by atoms with Crippen molar-refractivity contribution in [2.45, 2.75) is 58.3 Å². The topological polar surface area (TPSA) is 67.5 Å². The number of nitrogens with one attached hydrogen (secondary N) is 1. The van der Waals surface area contributed by atoms with Gasteiger partial charge in [-0.3, -0.25) is 9.89 Å². The van der Waals surface area contributed by atoms with Gasteiger partial charge in [0, 0.05) is 37.9 Å². The fourth-order valence-electron chi connectivity index (χ4n) is 3.99. The van der Waals surface area contributed by atoms with E-state index in [0.29, 0.717) is 18.8 Å². The molecule has 6 heteroatoms. The zero-order chi connectivity index (χ0) is 19.0. The van der Waals surface area contributed by atoms with Gasteiger partial charge in [0.05, 0.1) is 17.9 Å². The van der Waals surface area contributed by atoms with Crippen molar-refractivity contribution in [2.24, 2.45) is 0 Å². The first kappa shape index (κ1) is 18.0. The van der Waals surface area contributed by atoms with Crippen LogP contribution in [0.15, 0.2) is 24.3 Å². The number of aromatic nitrogens is 2. The molecule has 1 saturated heterocycles. The van der Waals surface area contributed by atoms with Crippen LogP contribution < -0.4 is 4.74 Å². The molecule has 27 heavy (non-hydrogen) atoms. The number of benzene rings is 1. The van der Waals surface area contributed by atoms with Crippen LogP contribution in [0.4, 0.5) is 0 Å². The molecule has 0 unspecified atom stereocenters. The van der Waals surface area contributed by atoms with Crippen LogP contribution in [0.2, 0.25) is 0 Å². The molecule has 144 valence electrons. The van der Waals surface area contributed by atoms with Crippen molar-refractivity contribution in [1.82, 2.24) is 15.1 Å². The van der Waals surface area contributed by atoms with Crippen LogP contribution in [0, 0.1) is 6.92 Å². The zero-order valence-electron chi connectivity index (χ0n) is 16.2. The van der Waals surface area contributed by atoms with E-state index in [4.69, 9.17) is 9.47 Å². The fourth-order valence-corrected chi connectivity index (χ4v) is 3.99. The number of rotatable bonds is 3. The van der Waals surface area contributed by atoms with Crippen LogP contribution in [0.3, 0.4) is 0 Å². The Morgan fingerprint density at radius 3 is 2.63 bits per heavy atom. The Kier molecular flexibility index (Phi) is 4.91. The lowest BCUT2D eigenvalue weighted by molar-refractivity contribution is -0.00704. The van der Waals surface area contributed by atoms with Crippen LogP contribution in [-0.4, -0.2) is 46.3 Å². The van der Waals surface area contributed by atoms with Crippen molar-refractivity contribution in [1.29, 1.82) is 0 Å². The lowest BCUT2D eigenvalue weighted by Gasteiger charge is -2.32. The Labute approximate surface area is 159 Å². The van der Waals surface area contributed by atoms with Gasteiger partial charge < -0.3 is 14.4 Å². The SMILES string of the molecule is Cc1ccc(OC2CCN(C(=O)c3n[nH]c4c3C[C@@H](C)O[C@H]4C)CC2)cc1. The van der Waals surface area contributed by atoms with Crippen LogP contribution in [-0.2, 0) is 11.2 Å². The molecule has 0 saturated carbocycles. The third-order valence-electron chi connectivity index (χ3n) is 5.49. The van der Waals surface area contributed by atoms with E-state index in [1.807, 2.05) is 30.9 Å². The van der Waals surface area contributed by atoms with Crippen LogP contribution in [0.25, 0.3) is 0 Å². The summed E-state index contributed by atoms with van der Waals surface area (Å²) in [6.45, 7) is 7.48. The van der Waals surface area contributed by atoms with Crippen molar-refractivity contribution in [3.8, 4) is 5.75 Å². The van der Waals surface area contributed by atoms with Gasteiger partial charge in [0.15, 0.2) is 5.69 Å². The molecule has 2 aromatic rings. The average molecular weight is 369 g/mol. The number of H-pyrrole nitrogens is 1. The van der Waals surface area contributed by atoms with Gasteiger partial charge >= 0.3 is 0 Å². The summed E-state index contributed by atoms with van der Waals surface area (Å²) in [7, 11) is 0. The quantitative estimate of drug-likeness (QED) is 0.900. The van der Waals surface area contributed by atoms with Gasteiger partial charge in [-0.1, -0.05) is 17.7 Å². The number of hydrogen-bond donors (Lipinski definition) is 1. The number of carbonyl (C=O) groups excluding carboxylic acids is 1. The van der Waals surface area contributed by atoms with Gasteiger partial charge in [-0.05, 0) is 32.9 Å². The normalized spacial score (nSPS) is 23.1. The fraction of sp³-hybridized carbons (Fsp3) is 0.524. The van der Waals surface area contributed by atoms with Crippen molar-refractivity contribution < 1.29 is 14.3 Å². The molecule has 0 aliphatic carbocycles. The second-order valence-corrected chi connectivity index (χ2v) is 7.68. The molecule has 2 atom stereocenters. The Balaban J connectivity index is 1.39. The number of ether oxygens (including phenoxy) is 2. The van der Waals surface area contributed by atoms with Crippen molar-refractivity contribution in [3.05, 3.63) is 46.8 Å². The second kappa shape index (κ2) is 7.35. The third kappa shape index (κ3) is 3.72. The molecule has 1 aromatic heterocycles. The average Bonchev–Trinajstić information content (AvgIpc) is 3.08. The van der Waals surface area contributed by atoms with Crippen molar-refractivity contribution >= 4 is 5.91 Å². The van der Waals surface area contributed by atoms with Gasteiger partial charge in [0.25, 0.3) is 5.91 Å². The first-order valence-corrected chi connectivity index (χ1v) is 9.76. The van der Waals surface area contributed by atoms with Gasteiger partial charge in [-0.25, -0.2) is 0 Å². The van der Waals surface area contributed by atoms with Gasteiger partial charge in [-0.15, -0.1) is 0 Å². The Hall–Kier alpha value is -2.34. The Bertz CT molecular complexity index is 807. The molecule has 2 aliphatic heterocycles. The molecule has 3 heterocycles. The molecule has 0 spiro atoms. The summed E-state index contributed by atoms with van der Waals surface area (Å²) in [6, 6.07) is 8.13. The molecule has 6 nitrogen and oxygen atoms in total. The van der Waals surface area contributed by atoms with Crippen LogP contribution in [0.5, 0.6) is 5.75 Å². The molecule has 2 aliphatic rings. The number of nitrogens with zero attached hydrogens (tertiary/aromatic N) is 2. The Morgan fingerprint density at radius 2 is 1.93 bits per heavy atom. The van der Waals surface area contributed by atoms with Crippen LogP contribution >= 0.6 is 0 Å². The minimum absolute atomic E-state index is 0.0163. The number of carbonyl (C=O) groups is 1. The highest BCUT2D eigenvalue weighted by Crippen LogP contribution is 2.31. The molecule has 4 rings (SSSR count). The first-order valence-electron chi connectivity index (χ1n) is 9.76. The monoisotopic (exact) mass is 369 g/mol. The first-order chi connectivity index (χ1) is 13.0. The largest absolute Gasteiger partial charge is 0.490 e. The standard InChI is InChI=1S/C21H27N3O3/c1-13-4-6-16(7-5-13)27-17-8-10-24(11-9-17)21(25)20-18-12-14(2)26-15(3)19(18)22-23-20/h4-7,14-15,17H,8-12H2,1-3H3,(H,22,23)/t14-,15+/m1/s1. The lowest BCUT2D eigenvalue weighted by Crippen LogP contribution is -2.42. The van der Waals surface area contributed by atoms with E-state index >= 15 is 0 Å². The minimum Gasteiger partial charge on any atom is -0.490 e. The highest BCUT2D eigenvalue weighted by atomic mass is 16.5. The van der Waals surface area contributed by atoms with Gasteiger partial charge in [0.1, 0.15) is 11.9 Å². The van der Waals surface area contributed by atoms with E-state index in [-0.39, 0.29) is 24.2 Å². The van der Waals surface area contributed by atoms with E-state index in [9.17, 15) is 4.79 Å². The minimum atomic E-state index is -0.0496. The summed E-state index contributed by atoms with van der Waals surface area (Å²) in [6.07, 6.45) is 2.60. The highest BCUT2D eigenvalue weighted by molar-refractivity contribution is 5.94. The van der Waals surface area contributed by atoms with E-state index in [2.05, 4.69) is 29.3 Å². The predicted octanol–water partition coefficient (Wildman–Crippen LogP) is 3.42. The molecule has 1 N–H and O–H groups in total. The number of aromatic amines is 1. The second-order valence-electron chi connectivity index (χ2n) is 7.68. The predicted molar refractivity (Wildman–Crippen MR) is 102 cm³/mol. The maximum atomic E-state index is 13.0. The number of piperidine rings is 1. The molecule has 1 fully saturated rings. The summed E-state index contributed by atoms with van der Waals surface area (Å²) in [5, 5.41) is 7.34. The van der Waals surface area contributed by atoms with E-state index in [1.165, 1.54) is 5.56 Å². The number of likely N-dealkylation sites (tertiary alicyclic amines) is 1. The third-order valence-corrected chi connectivity index (χ3v) is 5.49. The van der Waals surface area contributed by atoms with E-state index in [0.717, 1.165) is 36.3 Å². The summed E-state index contributed by atoms with van der Waals surface area (Å²) < 4.78 is 11.9. The summed E-state index contributed by atoms with van der Waals surface area (Å²) in [5.74, 6) is 0.914. The summed E-state index contributed by atoms with van der Waals surface area (Å²) in [4.78, 5) is 14.9. The summed E-state index contributed by atoms with van der Waals surface area (Å²) in [5.41, 5.74) is 3.74. The molecule has 1 aromatic carbocycles. The van der Waals surface area contributed by atoms with E-state index < -0.39 is 0 Å². The van der Waals surface area contributed by atoms with Gasteiger partial charge in [0.2, 0.25) is 0 Å². The van der Waals surface area contributed by atoms with Crippen molar-refractivity contribution in [2.75, 3.05) is 13.1 Å².